The Morgan fingerprint density at radius 1 is 0.815 bits per heavy atom. The van der Waals surface area contributed by atoms with E-state index in [1.807, 2.05) is 6.08 Å². The van der Waals surface area contributed by atoms with Gasteiger partial charge in [0.2, 0.25) is 5.91 Å². The van der Waals surface area contributed by atoms with Gasteiger partial charge in [-0.05, 0) is 59.2 Å². The molecule has 0 saturated carbocycles. The maximum atomic E-state index is 10.6. The highest BCUT2D eigenvalue weighted by atomic mass is 16.1. The zero-order valence-corrected chi connectivity index (χ0v) is 15.3. The van der Waals surface area contributed by atoms with Crippen molar-refractivity contribution in [3.63, 3.8) is 0 Å². The van der Waals surface area contributed by atoms with Crippen LogP contribution in [0, 0.1) is 0 Å². The summed E-state index contributed by atoms with van der Waals surface area (Å²) in [5.74, 6) is -0.0874. The molecule has 0 spiro atoms. The number of nitrogens with one attached hydrogen (secondary N) is 1. The number of fused-ring (bicyclic) bond motifs is 4. The van der Waals surface area contributed by atoms with E-state index in [0.29, 0.717) is 0 Å². The van der Waals surface area contributed by atoms with Crippen molar-refractivity contribution in [1.29, 1.82) is 0 Å². The van der Waals surface area contributed by atoms with Crippen LogP contribution in [0.15, 0.2) is 90.7 Å². The summed E-state index contributed by atoms with van der Waals surface area (Å²) in [4.78, 5) is 10.6. The van der Waals surface area contributed by atoms with Crippen molar-refractivity contribution in [2.24, 2.45) is 0 Å². The van der Waals surface area contributed by atoms with Gasteiger partial charge in [0.15, 0.2) is 0 Å². The predicted molar refractivity (Wildman–Crippen MR) is 113 cm³/mol. The molecule has 2 nitrogen and oxygen atoms in total. The molecule has 2 aromatic rings. The van der Waals surface area contributed by atoms with E-state index in [1.54, 1.807) is 35.6 Å². The zero-order valence-electron chi connectivity index (χ0n) is 15.3. The second-order valence-electron chi connectivity index (χ2n) is 6.88. The van der Waals surface area contributed by atoms with E-state index in [4.69, 9.17) is 0 Å². The molecule has 0 radical (unpaired) electrons. The normalized spacial score (nSPS) is 17.4. The maximum absolute atomic E-state index is 10.6. The topological polar surface area (TPSA) is 29.1 Å². The van der Waals surface area contributed by atoms with E-state index in [1.165, 1.54) is 53.7 Å². The molecule has 3 aliphatic rings. The summed E-state index contributed by atoms with van der Waals surface area (Å²) >= 11 is 0. The average Bonchev–Trinajstić information content (AvgIpc) is 2.71. The Hall–Kier alpha value is -3.13. The van der Waals surface area contributed by atoms with Gasteiger partial charge >= 0.3 is 0 Å². The van der Waals surface area contributed by atoms with Crippen molar-refractivity contribution < 1.29 is 4.79 Å². The van der Waals surface area contributed by atoms with E-state index in [2.05, 4.69) is 53.9 Å². The first-order valence-electron chi connectivity index (χ1n) is 9.53. The number of allylic oxidation sites excluding steroid dienone is 8. The molecule has 2 aromatic carbocycles. The van der Waals surface area contributed by atoms with E-state index >= 15 is 0 Å². The Labute approximate surface area is 160 Å². The molecule has 0 bridgehead atoms. The van der Waals surface area contributed by atoms with Crippen molar-refractivity contribution in [1.82, 2.24) is 5.32 Å². The summed E-state index contributed by atoms with van der Waals surface area (Å²) in [6, 6.07) is 13.4. The molecule has 2 aliphatic carbocycles. The molecule has 1 N–H and O–H groups in total. The first-order chi connectivity index (χ1) is 13.3. The third-order valence-electron chi connectivity index (χ3n) is 5.19. The molecule has 27 heavy (non-hydrogen) atoms. The number of carbonyl (C=O) groups excluding carboxylic acids is 1. The van der Waals surface area contributed by atoms with E-state index in [0.717, 1.165) is 0 Å². The number of hydrogen-bond acceptors (Lipinski definition) is 1. The smallest absolute Gasteiger partial charge is 0.247 e. The standard InChI is InChI=1S/C18H16.C7H7NO/c1-3-7-15-13(5-1)9-11-18-16-8-4-2-6-14(16)10-12-17(15)18;9-7-5-3-1-2-4-6-8-7/h1,3-5,7-9,11H,2,6,10,12H2;1-6H,(H,8,9). The van der Waals surface area contributed by atoms with Gasteiger partial charge in [0, 0.05) is 12.3 Å². The molecular formula is C25H23NO. The van der Waals surface area contributed by atoms with Gasteiger partial charge in [-0.1, -0.05) is 72.4 Å². The Morgan fingerprint density at radius 3 is 2.67 bits per heavy atom. The van der Waals surface area contributed by atoms with Crippen molar-refractivity contribution in [3.05, 3.63) is 102 Å². The molecular weight excluding hydrogens is 330 g/mol. The van der Waals surface area contributed by atoms with Crippen LogP contribution in [0.5, 0.6) is 0 Å². The van der Waals surface area contributed by atoms with Crippen molar-refractivity contribution in [2.75, 3.05) is 0 Å². The predicted octanol–water partition coefficient (Wildman–Crippen LogP) is 5.63. The fraction of sp³-hybridized carbons (Fsp3) is 0.160. The minimum Gasteiger partial charge on any atom is -0.329 e. The molecule has 1 heterocycles. The fourth-order valence-corrected chi connectivity index (χ4v) is 3.89. The van der Waals surface area contributed by atoms with Crippen LogP contribution >= 0.6 is 0 Å². The highest BCUT2D eigenvalue weighted by Gasteiger charge is 2.20. The van der Waals surface area contributed by atoms with Gasteiger partial charge in [-0.3, -0.25) is 4.79 Å². The van der Waals surface area contributed by atoms with Crippen molar-refractivity contribution in [2.45, 2.75) is 25.7 Å². The summed E-state index contributed by atoms with van der Waals surface area (Å²) in [5, 5.41) is 5.35. The fourth-order valence-electron chi connectivity index (χ4n) is 3.89. The number of aryl methyl sites for hydroxylation is 1. The molecule has 2 heteroatoms. The molecule has 134 valence electrons. The van der Waals surface area contributed by atoms with Crippen LogP contribution in [0.2, 0.25) is 0 Å². The van der Waals surface area contributed by atoms with Crippen molar-refractivity contribution in [3.8, 4) is 0 Å². The summed E-state index contributed by atoms with van der Waals surface area (Å²) in [6.07, 6.45) is 19.8. The highest BCUT2D eigenvalue weighted by Crippen LogP contribution is 2.39. The SMILES string of the molecule is C1=CC2=C(CC1)CCc1c2ccc2ccccc12.O=C1C=CC=CC=CN1. The minimum absolute atomic E-state index is 0.0874. The van der Waals surface area contributed by atoms with E-state index in [9.17, 15) is 4.79 Å². The van der Waals surface area contributed by atoms with Gasteiger partial charge in [-0.25, -0.2) is 0 Å². The number of hydrogen-bond donors (Lipinski definition) is 1. The lowest BCUT2D eigenvalue weighted by Crippen LogP contribution is -2.13. The van der Waals surface area contributed by atoms with E-state index in [-0.39, 0.29) is 5.91 Å². The first kappa shape index (κ1) is 17.3. The van der Waals surface area contributed by atoms with Gasteiger partial charge in [0.05, 0.1) is 0 Å². The molecule has 0 atom stereocenters. The molecule has 1 amide bonds. The van der Waals surface area contributed by atoms with Crippen molar-refractivity contribution >= 4 is 22.3 Å². The maximum Gasteiger partial charge on any atom is 0.247 e. The van der Waals surface area contributed by atoms with Gasteiger partial charge in [-0.15, -0.1) is 0 Å². The highest BCUT2D eigenvalue weighted by molar-refractivity contribution is 5.93. The van der Waals surface area contributed by atoms with Crippen LogP contribution in [0.1, 0.15) is 30.4 Å². The third kappa shape index (κ3) is 3.85. The summed E-state index contributed by atoms with van der Waals surface area (Å²) in [5.41, 5.74) is 6.21. The molecule has 0 fully saturated rings. The number of rotatable bonds is 0. The summed E-state index contributed by atoms with van der Waals surface area (Å²) in [7, 11) is 0. The number of amides is 1. The molecule has 0 unspecified atom stereocenters. The second-order valence-corrected chi connectivity index (χ2v) is 6.88. The largest absolute Gasteiger partial charge is 0.329 e. The van der Waals surface area contributed by atoms with Crippen LogP contribution in [-0.2, 0) is 11.2 Å². The summed E-state index contributed by atoms with van der Waals surface area (Å²) < 4.78 is 0. The Morgan fingerprint density at radius 2 is 1.70 bits per heavy atom. The molecule has 0 aromatic heterocycles. The Bertz CT molecular complexity index is 1020. The lowest BCUT2D eigenvalue weighted by molar-refractivity contribution is -0.115. The van der Waals surface area contributed by atoms with Gasteiger partial charge < -0.3 is 5.32 Å². The van der Waals surface area contributed by atoms with Gasteiger partial charge in [-0.2, -0.15) is 0 Å². The van der Waals surface area contributed by atoms with Gasteiger partial charge in [0.25, 0.3) is 0 Å². The number of carbonyl (C=O) groups is 1. The van der Waals surface area contributed by atoms with Crippen LogP contribution in [0.4, 0.5) is 0 Å². The van der Waals surface area contributed by atoms with Crippen LogP contribution in [0.3, 0.4) is 0 Å². The number of benzene rings is 2. The van der Waals surface area contributed by atoms with Crippen LogP contribution in [0.25, 0.3) is 16.3 Å². The Kier molecular flexibility index (Phi) is 5.15. The zero-order chi connectivity index (χ0) is 18.5. The first-order valence-corrected chi connectivity index (χ1v) is 9.53. The third-order valence-corrected chi connectivity index (χ3v) is 5.19. The minimum atomic E-state index is -0.0874. The monoisotopic (exact) mass is 353 g/mol. The van der Waals surface area contributed by atoms with Gasteiger partial charge in [0.1, 0.15) is 0 Å². The molecule has 1 aliphatic heterocycles. The second kappa shape index (κ2) is 8.05. The lowest BCUT2D eigenvalue weighted by Gasteiger charge is -2.25. The average molecular weight is 353 g/mol. The lowest BCUT2D eigenvalue weighted by atomic mass is 9.80. The quantitative estimate of drug-likeness (QED) is 0.653. The van der Waals surface area contributed by atoms with Crippen LogP contribution < -0.4 is 5.32 Å². The Balaban J connectivity index is 0.000000170. The molecule has 5 rings (SSSR count). The summed E-state index contributed by atoms with van der Waals surface area (Å²) in [6.45, 7) is 0. The van der Waals surface area contributed by atoms with E-state index < -0.39 is 0 Å². The molecule has 0 saturated heterocycles. The van der Waals surface area contributed by atoms with Crippen LogP contribution in [-0.4, -0.2) is 5.91 Å².